The van der Waals surface area contributed by atoms with Crippen molar-refractivity contribution in [3.05, 3.63) is 0 Å². The van der Waals surface area contributed by atoms with Gasteiger partial charge in [-0.3, -0.25) is 5.41 Å². The van der Waals surface area contributed by atoms with E-state index in [1.165, 1.54) is 30.8 Å². The Kier molecular flexibility index (Phi) is 4.30. The van der Waals surface area contributed by atoms with Crippen LogP contribution in [0.15, 0.2) is 0 Å². The van der Waals surface area contributed by atoms with Crippen LogP contribution in [-0.2, 0) is 0 Å². The minimum absolute atomic E-state index is 0.368. The molecule has 1 rings (SSSR count). The molecule has 14 heavy (non-hydrogen) atoms. The van der Waals surface area contributed by atoms with Gasteiger partial charge in [0.2, 0.25) is 0 Å². The highest BCUT2D eigenvalue weighted by Gasteiger charge is 2.42. The molecular formula is C11H22N2S. The van der Waals surface area contributed by atoms with Gasteiger partial charge in [0, 0.05) is 6.42 Å². The molecule has 0 radical (unpaired) electrons. The van der Waals surface area contributed by atoms with E-state index >= 15 is 0 Å². The molecule has 0 amide bonds. The van der Waals surface area contributed by atoms with Crippen molar-refractivity contribution in [2.45, 2.75) is 39.5 Å². The van der Waals surface area contributed by atoms with E-state index in [4.69, 9.17) is 11.1 Å². The first-order valence-corrected chi connectivity index (χ1v) is 6.60. The van der Waals surface area contributed by atoms with Gasteiger partial charge in [-0.2, -0.15) is 11.8 Å². The average molecular weight is 214 g/mol. The molecule has 3 heteroatoms. The van der Waals surface area contributed by atoms with Gasteiger partial charge < -0.3 is 5.73 Å². The Morgan fingerprint density at radius 1 is 1.50 bits per heavy atom. The molecule has 0 aromatic heterocycles. The second-order valence-electron chi connectivity index (χ2n) is 4.94. The lowest BCUT2D eigenvalue weighted by Gasteiger charge is -2.13. The fourth-order valence-corrected chi connectivity index (χ4v) is 3.17. The standard InChI is InChI=1S/C11H22N2S/c1-9(2)3-6-14-8-11(4-5-11)7-10(12)13/h9H,3-8H2,1-2H3,(H3,12,13). The Labute approximate surface area is 91.5 Å². The molecular weight excluding hydrogens is 192 g/mol. The Morgan fingerprint density at radius 3 is 2.57 bits per heavy atom. The summed E-state index contributed by atoms with van der Waals surface area (Å²) in [6, 6.07) is 0. The molecule has 0 aromatic carbocycles. The van der Waals surface area contributed by atoms with Gasteiger partial charge in [-0.15, -0.1) is 0 Å². The van der Waals surface area contributed by atoms with E-state index in [0.717, 1.165) is 12.3 Å². The summed E-state index contributed by atoms with van der Waals surface area (Å²) >= 11 is 2.04. The highest BCUT2D eigenvalue weighted by Crippen LogP contribution is 2.50. The van der Waals surface area contributed by atoms with E-state index < -0.39 is 0 Å². The number of hydrogen-bond donors (Lipinski definition) is 2. The van der Waals surface area contributed by atoms with E-state index in [1.807, 2.05) is 11.8 Å². The Balaban J connectivity index is 2.09. The van der Waals surface area contributed by atoms with Gasteiger partial charge in [-0.1, -0.05) is 13.8 Å². The average Bonchev–Trinajstić information content (AvgIpc) is 2.78. The van der Waals surface area contributed by atoms with Crippen molar-refractivity contribution >= 4 is 17.6 Å². The quantitative estimate of drug-likeness (QED) is 0.389. The molecule has 1 fully saturated rings. The third-order valence-electron chi connectivity index (χ3n) is 2.77. The zero-order valence-electron chi connectivity index (χ0n) is 9.31. The zero-order valence-corrected chi connectivity index (χ0v) is 10.1. The van der Waals surface area contributed by atoms with Crippen LogP contribution in [0.3, 0.4) is 0 Å². The van der Waals surface area contributed by atoms with Crippen molar-refractivity contribution in [3.8, 4) is 0 Å². The second-order valence-corrected chi connectivity index (χ2v) is 6.04. The van der Waals surface area contributed by atoms with Crippen molar-refractivity contribution in [2.24, 2.45) is 17.1 Å². The van der Waals surface area contributed by atoms with E-state index in [-0.39, 0.29) is 0 Å². The lowest BCUT2D eigenvalue weighted by molar-refractivity contribution is 0.606. The molecule has 82 valence electrons. The van der Waals surface area contributed by atoms with Gasteiger partial charge in [0.15, 0.2) is 0 Å². The Bertz CT molecular complexity index is 197. The van der Waals surface area contributed by atoms with Crippen LogP contribution in [-0.4, -0.2) is 17.3 Å². The predicted molar refractivity (Wildman–Crippen MR) is 65.0 cm³/mol. The van der Waals surface area contributed by atoms with Crippen molar-refractivity contribution in [2.75, 3.05) is 11.5 Å². The van der Waals surface area contributed by atoms with Gasteiger partial charge in [0.1, 0.15) is 0 Å². The summed E-state index contributed by atoms with van der Waals surface area (Å²) in [6.07, 6.45) is 4.69. The lowest BCUT2D eigenvalue weighted by atomic mass is 10.1. The van der Waals surface area contributed by atoms with Crippen LogP contribution in [0.4, 0.5) is 0 Å². The summed E-state index contributed by atoms with van der Waals surface area (Å²) in [7, 11) is 0. The molecule has 0 saturated heterocycles. The largest absolute Gasteiger partial charge is 0.388 e. The molecule has 1 aliphatic rings. The van der Waals surface area contributed by atoms with Crippen LogP contribution < -0.4 is 5.73 Å². The molecule has 1 saturated carbocycles. The SMILES string of the molecule is CC(C)CCSCC1(CC(=N)N)CC1. The molecule has 0 spiro atoms. The van der Waals surface area contributed by atoms with Crippen molar-refractivity contribution in [1.82, 2.24) is 0 Å². The molecule has 0 aromatic rings. The molecule has 3 N–H and O–H groups in total. The zero-order chi connectivity index (χ0) is 10.6. The number of rotatable bonds is 7. The van der Waals surface area contributed by atoms with E-state index in [0.29, 0.717) is 11.3 Å². The summed E-state index contributed by atoms with van der Waals surface area (Å²) < 4.78 is 0. The fourth-order valence-electron chi connectivity index (χ4n) is 1.56. The van der Waals surface area contributed by atoms with Crippen molar-refractivity contribution < 1.29 is 0 Å². The van der Waals surface area contributed by atoms with Crippen molar-refractivity contribution in [3.63, 3.8) is 0 Å². The van der Waals surface area contributed by atoms with Gasteiger partial charge in [0.25, 0.3) is 0 Å². The predicted octanol–water partition coefficient (Wildman–Crippen LogP) is 2.87. The van der Waals surface area contributed by atoms with Gasteiger partial charge in [-0.25, -0.2) is 0 Å². The monoisotopic (exact) mass is 214 g/mol. The number of amidine groups is 1. The summed E-state index contributed by atoms with van der Waals surface area (Å²) in [5.74, 6) is 3.65. The van der Waals surface area contributed by atoms with Crippen LogP contribution in [0.1, 0.15) is 39.5 Å². The van der Waals surface area contributed by atoms with Gasteiger partial charge in [0.05, 0.1) is 5.84 Å². The van der Waals surface area contributed by atoms with Gasteiger partial charge in [-0.05, 0) is 42.1 Å². The Morgan fingerprint density at radius 2 is 2.14 bits per heavy atom. The molecule has 2 nitrogen and oxygen atoms in total. The molecule has 0 unspecified atom stereocenters. The topological polar surface area (TPSA) is 49.9 Å². The smallest absolute Gasteiger partial charge is 0.0911 e. The van der Waals surface area contributed by atoms with E-state index in [1.54, 1.807) is 0 Å². The molecule has 1 aliphatic carbocycles. The Hall–Kier alpha value is -0.180. The molecule has 0 bridgehead atoms. The first-order chi connectivity index (χ1) is 6.54. The maximum absolute atomic E-state index is 7.31. The highest BCUT2D eigenvalue weighted by molar-refractivity contribution is 7.99. The number of thioether (sulfide) groups is 1. The van der Waals surface area contributed by atoms with Crippen LogP contribution >= 0.6 is 11.8 Å². The van der Waals surface area contributed by atoms with E-state index in [9.17, 15) is 0 Å². The normalized spacial score (nSPS) is 18.5. The third-order valence-corrected chi connectivity index (χ3v) is 4.11. The fraction of sp³-hybridized carbons (Fsp3) is 0.909. The summed E-state index contributed by atoms with van der Waals surface area (Å²) in [6.45, 7) is 4.53. The molecule has 0 atom stereocenters. The first-order valence-electron chi connectivity index (χ1n) is 5.45. The number of hydrogen-bond acceptors (Lipinski definition) is 2. The van der Waals surface area contributed by atoms with Gasteiger partial charge >= 0.3 is 0 Å². The number of nitrogens with one attached hydrogen (secondary N) is 1. The second kappa shape index (κ2) is 5.06. The lowest BCUT2D eigenvalue weighted by Crippen LogP contribution is -2.18. The van der Waals surface area contributed by atoms with Crippen LogP contribution in [0.25, 0.3) is 0 Å². The maximum atomic E-state index is 7.31. The molecule has 0 aliphatic heterocycles. The number of nitrogens with two attached hydrogens (primary N) is 1. The molecule has 0 heterocycles. The van der Waals surface area contributed by atoms with Crippen LogP contribution in [0.5, 0.6) is 0 Å². The van der Waals surface area contributed by atoms with Crippen LogP contribution in [0, 0.1) is 16.7 Å². The first kappa shape index (κ1) is 11.9. The van der Waals surface area contributed by atoms with Crippen LogP contribution in [0.2, 0.25) is 0 Å². The van der Waals surface area contributed by atoms with E-state index in [2.05, 4.69) is 13.8 Å². The maximum Gasteiger partial charge on any atom is 0.0911 e. The highest BCUT2D eigenvalue weighted by atomic mass is 32.2. The minimum Gasteiger partial charge on any atom is -0.388 e. The summed E-state index contributed by atoms with van der Waals surface area (Å²) in [5, 5.41) is 7.31. The minimum atomic E-state index is 0.368. The van der Waals surface area contributed by atoms with Crippen molar-refractivity contribution in [1.29, 1.82) is 5.41 Å². The third kappa shape index (κ3) is 4.36. The summed E-state index contributed by atoms with van der Waals surface area (Å²) in [4.78, 5) is 0. The summed E-state index contributed by atoms with van der Waals surface area (Å²) in [5.41, 5.74) is 5.87.